The monoisotopic (exact) mass is 309 g/mol. The van der Waals surface area contributed by atoms with Gasteiger partial charge in [0.1, 0.15) is 5.82 Å². The number of halogens is 2. The van der Waals surface area contributed by atoms with Crippen molar-refractivity contribution in [2.24, 2.45) is 0 Å². The van der Waals surface area contributed by atoms with Crippen molar-refractivity contribution in [2.45, 2.75) is 18.9 Å². The molecule has 2 nitrogen and oxygen atoms in total. The lowest BCUT2D eigenvalue weighted by Crippen LogP contribution is -2.24. The summed E-state index contributed by atoms with van der Waals surface area (Å²) in [6, 6.07) is 9.70. The number of aliphatic hydroxyl groups is 1. The molecule has 0 radical (unpaired) electrons. The quantitative estimate of drug-likeness (QED) is 0.942. The van der Waals surface area contributed by atoms with E-state index in [1.807, 2.05) is 12.1 Å². The summed E-state index contributed by atoms with van der Waals surface area (Å²) < 4.78 is 14.0. The van der Waals surface area contributed by atoms with Crippen molar-refractivity contribution in [1.82, 2.24) is 4.98 Å². The van der Waals surface area contributed by atoms with Crippen LogP contribution >= 0.6 is 15.9 Å². The molecule has 1 atom stereocenters. The van der Waals surface area contributed by atoms with Crippen molar-refractivity contribution in [3.8, 4) is 0 Å². The highest BCUT2D eigenvalue weighted by molar-refractivity contribution is 9.10. The maximum absolute atomic E-state index is 13.2. The zero-order valence-electron chi connectivity index (χ0n) is 9.90. The van der Waals surface area contributed by atoms with Crippen LogP contribution in [0.3, 0.4) is 0 Å². The molecule has 4 heteroatoms. The van der Waals surface area contributed by atoms with Crippen LogP contribution in [0, 0.1) is 5.82 Å². The molecule has 0 saturated carbocycles. The van der Waals surface area contributed by atoms with Gasteiger partial charge in [-0.3, -0.25) is 4.98 Å². The summed E-state index contributed by atoms with van der Waals surface area (Å²) in [4.78, 5) is 4.21. The highest BCUT2D eigenvalue weighted by Gasteiger charge is 2.24. The summed E-state index contributed by atoms with van der Waals surface area (Å²) in [6.07, 6.45) is 2.01. The Labute approximate surface area is 114 Å². The molecule has 0 fully saturated rings. The van der Waals surface area contributed by atoms with E-state index in [4.69, 9.17) is 0 Å². The standard InChI is InChI=1S/C14H13BrFNO/c1-14(18,10-3-2-4-12(16)7-10)8-13-6-5-11(15)9-17-13/h2-7,9,18H,8H2,1H3. The number of benzene rings is 1. The van der Waals surface area contributed by atoms with Gasteiger partial charge in [-0.15, -0.1) is 0 Å². The first-order valence-corrected chi connectivity index (χ1v) is 6.35. The van der Waals surface area contributed by atoms with Gasteiger partial charge in [-0.2, -0.15) is 0 Å². The normalized spacial score (nSPS) is 14.2. The lowest BCUT2D eigenvalue weighted by atomic mass is 9.91. The Kier molecular flexibility index (Phi) is 3.78. The number of hydrogen-bond acceptors (Lipinski definition) is 2. The molecule has 0 bridgehead atoms. The second-order valence-electron chi connectivity index (χ2n) is 4.43. The smallest absolute Gasteiger partial charge is 0.123 e. The maximum atomic E-state index is 13.2. The third-order valence-corrected chi connectivity index (χ3v) is 3.23. The number of nitrogens with zero attached hydrogens (tertiary/aromatic N) is 1. The third kappa shape index (κ3) is 3.15. The molecule has 0 amide bonds. The molecule has 0 aliphatic carbocycles. The van der Waals surface area contributed by atoms with E-state index >= 15 is 0 Å². The topological polar surface area (TPSA) is 33.1 Å². The first-order valence-electron chi connectivity index (χ1n) is 5.56. The maximum Gasteiger partial charge on any atom is 0.123 e. The fourth-order valence-electron chi connectivity index (χ4n) is 1.79. The van der Waals surface area contributed by atoms with Gasteiger partial charge in [0.05, 0.1) is 5.60 Å². The van der Waals surface area contributed by atoms with Crippen LogP contribution < -0.4 is 0 Å². The largest absolute Gasteiger partial charge is 0.385 e. The van der Waals surface area contributed by atoms with Crippen LogP contribution in [0.4, 0.5) is 4.39 Å². The minimum atomic E-state index is -1.14. The zero-order valence-corrected chi connectivity index (χ0v) is 11.5. The zero-order chi connectivity index (χ0) is 13.2. The SMILES string of the molecule is CC(O)(Cc1ccc(Br)cn1)c1cccc(F)c1. The molecule has 0 aliphatic rings. The second-order valence-corrected chi connectivity index (χ2v) is 5.34. The van der Waals surface area contributed by atoms with Crippen LogP contribution in [0.5, 0.6) is 0 Å². The summed E-state index contributed by atoms with van der Waals surface area (Å²) in [6.45, 7) is 1.66. The Bertz CT molecular complexity index is 540. The molecule has 1 aromatic heterocycles. The third-order valence-electron chi connectivity index (χ3n) is 2.76. The minimum absolute atomic E-state index is 0.337. The fraction of sp³-hybridized carbons (Fsp3) is 0.214. The molecular weight excluding hydrogens is 297 g/mol. The van der Waals surface area contributed by atoms with E-state index < -0.39 is 5.60 Å². The van der Waals surface area contributed by atoms with Gasteiger partial charge in [-0.25, -0.2) is 4.39 Å². The Balaban J connectivity index is 2.23. The molecule has 2 aromatic rings. The van der Waals surface area contributed by atoms with Gasteiger partial charge < -0.3 is 5.11 Å². The molecular formula is C14H13BrFNO. The van der Waals surface area contributed by atoms with Crippen LogP contribution in [0.15, 0.2) is 47.1 Å². The summed E-state index contributed by atoms with van der Waals surface area (Å²) >= 11 is 3.30. The van der Waals surface area contributed by atoms with E-state index in [-0.39, 0.29) is 5.82 Å². The van der Waals surface area contributed by atoms with Gasteiger partial charge >= 0.3 is 0 Å². The Morgan fingerprint density at radius 3 is 2.72 bits per heavy atom. The van der Waals surface area contributed by atoms with Crippen LogP contribution in [-0.2, 0) is 12.0 Å². The van der Waals surface area contributed by atoms with Gasteiger partial charge in [0.25, 0.3) is 0 Å². The molecule has 18 heavy (non-hydrogen) atoms. The number of rotatable bonds is 3. The van der Waals surface area contributed by atoms with Crippen LogP contribution in [0.2, 0.25) is 0 Å². The Morgan fingerprint density at radius 2 is 2.11 bits per heavy atom. The molecule has 1 N–H and O–H groups in total. The number of aromatic nitrogens is 1. The first-order chi connectivity index (χ1) is 8.47. The van der Waals surface area contributed by atoms with E-state index in [1.165, 1.54) is 12.1 Å². The number of pyridine rings is 1. The van der Waals surface area contributed by atoms with E-state index in [2.05, 4.69) is 20.9 Å². The van der Waals surface area contributed by atoms with Crippen molar-refractivity contribution in [1.29, 1.82) is 0 Å². The molecule has 0 aliphatic heterocycles. The van der Waals surface area contributed by atoms with Gasteiger partial charge in [0, 0.05) is 22.8 Å². The van der Waals surface area contributed by atoms with Gasteiger partial charge in [0.15, 0.2) is 0 Å². The lowest BCUT2D eigenvalue weighted by Gasteiger charge is -2.23. The fourth-order valence-corrected chi connectivity index (χ4v) is 2.02. The van der Waals surface area contributed by atoms with Gasteiger partial charge in [-0.05, 0) is 52.7 Å². The van der Waals surface area contributed by atoms with E-state index in [9.17, 15) is 9.50 Å². The Hall–Kier alpha value is -1.26. The second kappa shape index (κ2) is 5.16. The highest BCUT2D eigenvalue weighted by Crippen LogP contribution is 2.25. The van der Waals surface area contributed by atoms with Crippen molar-refractivity contribution < 1.29 is 9.50 Å². The van der Waals surface area contributed by atoms with Crippen molar-refractivity contribution >= 4 is 15.9 Å². The molecule has 1 aromatic carbocycles. The summed E-state index contributed by atoms with van der Waals surface area (Å²) in [5.74, 6) is -0.350. The van der Waals surface area contributed by atoms with Crippen LogP contribution in [-0.4, -0.2) is 10.1 Å². The average molecular weight is 310 g/mol. The van der Waals surface area contributed by atoms with Crippen molar-refractivity contribution in [3.05, 3.63) is 64.1 Å². The number of hydrogen-bond donors (Lipinski definition) is 1. The molecule has 94 valence electrons. The minimum Gasteiger partial charge on any atom is -0.385 e. The Morgan fingerprint density at radius 1 is 1.33 bits per heavy atom. The van der Waals surface area contributed by atoms with E-state index in [0.717, 1.165) is 10.2 Å². The predicted octanol–water partition coefficient (Wildman–Crippen LogP) is 3.43. The van der Waals surface area contributed by atoms with Crippen LogP contribution in [0.25, 0.3) is 0 Å². The summed E-state index contributed by atoms with van der Waals surface area (Å²) in [7, 11) is 0. The van der Waals surface area contributed by atoms with E-state index in [0.29, 0.717) is 12.0 Å². The first kappa shape index (κ1) is 13.2. The molecule has 2 rings (SSSR count). The molecule has 0 saturated heterocycles. The molecule has 1 heterocycles. The van der Waals surface area contributed by atoms with E-state index in [1.54, 1.807) is 25.3 Å². The lowest BCUT2D eigenvalue weighted by molar-refractivity contribution is 0.0562. The summed E-state index contributed by atoms with van der Waals surface area (Å²) in [5.41, 5.74) is 0.169. The summed E-state index contributed by atoms with van der Waals surface area (Å²) in [5, 5.41) is 10.4. The van der Waals surface area contributed by atoms with Crippen LogP contribution in [0.1, 0.15) is 18.2 Å². The van der Waals surface area contributed by atoms with Gasteiger partial charge in [-0.1, -0.05) is 12.1 Å². The van der Waals surface area contributed by atoms with Crippen molar-refractivity contribution in [2.75, 3.05) is 0 Å². The van der Waals surface area contributed by atoms with Gasteiger partial charge in [0.2, 0.25) is 0 Å². The molecule has 0 spiro atoms. The predicted molar refractivity (Wildman–Crippen MR) is 71.6 cm³/mol. The highest BCUT2D eigenvalue weighted by atomic mass is 79.9. The molecule has 1 unspecified atom stereocenters. The average Bonchev–Trinajstić information content (AvgIpc) is 2.32. The van der Waals surface area contributed by atoms with Crippen molar-refractivity contribution in [3.63, 3.8) is 0 Å².